The van der Waals surface area contributed by atoms with E-state index in [0.717, 1.165) is 31.6 Å². The fourth-order valence-electron chi connectivity index (χ4n) is 2.62. The molecule has 1 aromatic carbocycles. The number of hydrogen-bond donors (Lipinski definition) is 2. The summed E-state index contributed by atoms with van der Waals surface area (Å²) in [4.78, 5) is 13.6. The van der Waals surface area contributed by atoms with Crippen LogP contribution in [0.4, 0.5) is 5.69 Å². The van der Waals surface area contributed by atoms with Crippen molar-refractivity contribution < 1.29 is 4.79 Å². The Kier molecular flexibility index (Phi) is 3.87. The van der Waals surface area contributed by atoms with E-state index in [1.807, 2.05) is 18.2 Å². The zero-order valence-corrected chi connectivity index (χ0v) is 10.8. The van der Waals surface area contributed by atoms with Gasteiger partial charge in [-0.15, -0.1) is 0 Å². The summed E-state index contributed by atoms with van der Waals surface area (Å²) in [7, 11) is 0. The fraction of sp³-hybridized carbons (Fsp3) is 0.500. The number of primary amides is 1. The zero-order chi connectivity index (χ0) is 13.1. The van der Waals surface area contributed by atoms with Gasteiger partial charge in [-0.1, -0.05) is 12.1 Å². The molecule has 1 saturated heterocycles. The Bertz CT molecular complexity index is 423. The topological polar surface area (TPSA) is 72.3 Å². The number of anilines is 1. The molecule has 1 aliphatic heterocycles. The first kappa shape index (κ1) is 12.9. The number of nitrogens with two attached hydrogens (primary N) is 2. The van der Waals surface area contributed by atoms with Crippen molar-refractivity contribution in [2.75, 3.05) is 18.0 Å². The maximum absolute atomic E-state index is 11.4. The normalized spacial score (nSPS) is 18.7. The molecule has 1 amide bonds. The van der Waals surface area contributed by atoms with E-state index in [1.165, 1.54) is 0 Å². The van der Waals surface area contributed by atoms with Gasteiger partial charge in [0.05, 0.1) is 5.56 Å². The van der Waals surface area contributed by atoms with Crippen molar-refractivity contribution in [2.24, 2.45) is 17.4 Å². The molecule has 4 nitrogen and oxygen atoms in total. The van der Waals surface area contributed by atoms with Crippen molar-refractivity contribution in [3.8, 4) is 0 Å². The van der Waals surface area contributed by atoms with Crippen molar-refractivity contribution in [3.63, 3.8) is 0 Å². The maximum Gasteiger partial charge on any atom is 0.250 e. The van der Waals surface area contributed by atoms with Crippen LogP contribution in [0, 0.1) is 5.92 Å². The van der Waals surface area contributed by atoms with E-state index in [0.29, 0.717) is 11.5 Å². The van der Waals surface area contributed by atoms with Gasteiger partial charge in [-0.05, 0) is 37.8 Å². The standard InChI is InChI=1S/C14H21N3O/c1-10(15)11-6-8-17(9-7-11)13-5-3-2-4-12(13)14(16)18/h2-5,10-11H,6-9,15H2,1H3,(H2,16,18). The minimum atomic E-state index is -0.361. The van der Waals surface area contributed by atoms with Gasteiger partial charge < -0.3 is 16.4 Å². The lowest BCUT2D eigenvalue weighted by Gasteiger charge is -2.35. The van der Waals surface area contributed by atoms with E-state index < -0.39 is 0 Å². The van der Waals surface area contributed by atoms with Crippen molar-refractivity contribution in [3.05, 3.63) is 29.8 Å². The summed E-state index contributed by atoms with van der Waals surface area (Å²) in [5, 5.41) is 0. The highest BCUT2D eigenvalue weighted by Gasteiger charge is 2.23. The number of rotatable bonds is 3. The summed E-state index contributed by atoms with van der Waals surface area (Å²) < 4.78 is 0. The Balaban J connectivity index is 2.12. The fourth-order valence-corrected chi connectivity index (χ4v) is 2.62. The van der Waals surface area contributed by atoms with Gasteiger partial charge in [0.2, 0.25) is 0 Å². The summed E-state index contributed by atoms with van der Waals surface area (Å²) in [6.07, 6.45) is 2.15. The van der Waals surface area contributed by atoms with Gasteiger partial charge in [0.1, 0.15) is 0 Å². The lowest BCUT2D eigenvalue weighted by molar-refractivity contribution is 0.100. The van der Waals surface area contributed by atoms with Crippen LogP contribution in [0.5, 0.6) is 0 Å². The Labute approximate surface area is 108 Å². The van der Waals surface area contributed by atoms with Crippen molar-refractivity contribution >= 4 is 11.6 Å². The molecule has 4 heteroatoms. The molecule has 98 valence electrons. The van der Waals surface area contributed by atoms with Crippen LogP contribution in [0.15, 0.2) is 24.3 Å². The maximum atomic E-state index is 11.4. The molecule has 1 aromatic rings. The molecule has 0 aliphatic carbocycles. The Morgan fingerprint density at radius 1 is 1.33 bits per heavy atom. The average molecular weight is 247 g/mol. The monoisotopic (exact) mass is 247 g/mol. The molecule has 18 heavy (non-hydrogen) atoms. The number of nitrogens with zero attached hydrogens (tertiary/aromatic N) is 1. The third-order valence-corrected chi connectivity index (χ3v) is 3.79. The molecule has 1 unspecified atom stereocenters. The number of para-hydroxylation sites is 1. The second kappa shape index (κ2) is 5.40. The molecular formula is C14H21N3O. The first-order valence-electron chi connectivity index (χ1n) is 6.49. The molecule has 0 bridgehead atoms. The molecule has 1 aliphatic rings. The highest BCUT2D eigenvalue weighted by molar-refractivity contribution is 5.98. The van der Waals surface area contributed by atoms with Crippen molar-refractivity contribution in [1.29, 1.82) is 0 Å². The number of amides is 1. The zero-order valence-electron chi connectivity index (χ0n) is 10.8. The van der Waals surface area contributed by atoms with Crippen LogP contribution in [0.2, 0.25) is 0 Å². The summed E-state index contributed by atoms with van der Waals surface area (Å²) >= 11 is 0. The summed E-state index contributed by atoms with van der Waals surface area (Å²) in [6.45, 7) is 3.95. The van der Waals surface area contributed by atoms with Crippen LogP contribution >= 0.6 is 0 Å². The van der Waals surface area contributed by atoms with Crippen molar-refractivity contribution in [2.45, 2.75) is 25.8 Å². The molecule has 4 N–H and O–H groups in total. The molecule has 1 atom stereocenters. The number of hydrogen-bond acceptors (Lipinski definition) is 3. The van der Waals surface area contributed by atoms with E-state index in [4.69, 9.17) is 11.5 Å². The number of piperidine rings is 1. The number of carbonyl (C=O) groups is 1. The molecule has 0 spiro atoms. The smallest absolute Gasteiger partial charge is 0.250 e. The van der Waals surface area contributed by atoms with Crippen LogP contribution in [-0.2, 0) is 0 Å². The predicted molar refractivity (Wildman–Crippen MR) is 73.5 cm³/mol. The van der Waals surface area contributed by atoms with Gasteiger partial charge in [0.15, 0.2) is 0 Å². The van der Waals surface area contributed by atoms with E-state index in [2.05, 4.69) is 11.8 Å². The van der Waals surface area contributed by atoms with Gasteiger partial charge in [-0.2, -0.15) is 0 Å². The van der Waals surface area contributed by atoms with Crippen LogP contribution in [0.3, 0.4) is 0 Å². The van der Waals surface area contributed by atoms with Crippen LogP contribution < -0.4 is 16.4 Å². The molecule has 1 fully saturated rings. The summed E-state index contributed by atoms with van der Waals surface area (Å²) in [5.74, 6) is 0.224. The average Bonchev–Trinajstić information content (AvgIpc) is 2.39. The second-order valence-electron chi connectivity index (χ2n) is 5.06. The third kappa shape index (κ3) is 2.64. The van der Waals surface area contributed by atoms with Crippen LogP contribution in [0.25, 0.3) is 0 Å². The highest BCUT2D eigenvalue weighted by Crippen LogP contribution is 2.27. The first-order valence-corrected chi connectivity index (χ1v) is 6.49. The van der Waals surface area contributed by atoms with Gasteiger partial charge in [-0.25, -0.2) is 0 Å². The van der Waals surface area contributed by atoms with Crippen molar-refractivity contribution in [1.82, 2.24) is 0 Å². The van der Waals surface area contributed by atoms with Crippen LogP contribution in [-0.4, -0.2) is 25.0 Å². The minimum absolute atomic E-state index is 0.249. The van der Waals surface area contributed by atoms with Crippen LogP contribution in [0.1, 0.15) is 30.1 Å². The quantitative estimate of drug-likeness (QED) is 0.847. The molecule has 0 radical (unpaired) electrons. The van der Waals surface area contributed by atoms with Gasteiger partial charge in [0.25, 0.3) is 5.91 Å². The third-order valence-electron chi connectivity index (χ3n) is 3.79. The molecular weight excluding hydrogens is 226 g/mol. The summed E-state index contributed by atoms with van der Waals surface area (Å²) in [5.41, 5.74) is 12.9. The first-order chi connectivity index (χ1) is 8.59. The molecule has 0 saturated carbocycles. The lowest BCUT2D eigenvalue weighted by atomic mass is 9.90. The van der Waals surface area contributed by atoms with E-state index in [9.17, 15) is 4.79 Å². The lowest BCUT2D eigenvalue weighted by Crippen LogP contribution is -2.40. The van der Waals surface area contributed by atoms with E-state index in [1.54, 1.807) is 6.07 Å². The van der Waals surface area contributed by atoms with E-state index >= 15 is 0 Å². The molecule has 2 rings (SSSR count). The Morgan fingerprint density at radius 2 is 1.94 bits per heavy atom. The minimum Gasteiger partial charge on any atom is -0.371 e. The molecule has 1 heterocycles. The van der Waals surface area contributed by atoms with E-state index in [-0.39, 0.29) is 11.9 Å². The summed E-state index contributed by atoms with van der Waals surface area (Å²) in [6, 6.07) is 7.79. The second-order valence-corrected chi connectivity index (χ2v) is 5.06. The largest absolute Gasteiger partial charge is 0.371 e. The predicted octanol–water partition coefficient (Wildman–Crippen LogP) is 1.35. The van der Waals surface area contributed by atoms with Gasteiger partial charge in [0, 0.05) is 24.8 Å². The Morgan fingerprint density at radius 3 is 2.50 bits per heavy atom. The highest BCUT2D eigenvalue weighted by atomic mass is 16.1. The number of benzene rings is 1. The van der Waals surface area contributed by atoms with Gasteiger partial charge in [-0.3, -0.25) is 4.79 Å². The number of carbonyl (C=O) groups excluding carboxylic acids is 1. The van der Waals surface area contributed by atoms with Gasteiger partial charge >= 0.3 is 0 Å². The SMILES string of the molecule is CC(N)C1CCN(c2ccccc2C(N)=O)CC1. The molecule has 0 aromatic heterocycles. The Hall–Kier alpha value is -1.55.